The van der Waals surface area contributed by atoms with Crippen molar-refractivity contribution in [3.05, 3.63) is 71.8 Å². The van der Waals surface area contributed by atoms with Gasteiger partial charge in [-0.15, -0.1) is 0 Å². The quantitative estimate of drug-likeness (QED) is 0.369. The highest BCUT2D eigenvalue weighted by Gasteiger charge is 2.47. The lowest BCUT2D eigenvalue weighted by atomic mass is 9.98. The van der Waals surface area contributed by atoms with Crippen LogP contribution in [0.3, 0.4) is 0 Å². The fourth-order valence-electron chi connectivity index (χ4n) is 4.09. The van der Waals surface area contributed by atoms with Gasteiger partial charge in [0, 0.05) is 0 Å². The van der Waals surface area contributed by atoms with E-state index in [2.05, 4.69) is 10.6 Å². The van der Waals surface area contributed by atoms with Crippen LogP contribution in [-0.2, 0) is 41.4 Å². The summed E-state index contributed by atoms with van der Waals surface area (Å²) >= 11 is 0. The number of nitrogens with one attached hydrogen (secondary N) is 2. The van der Waals surface area contributed by atoms with Crippen molar-refractivity contribution < 1.29 is 38.1 Å². The van der Waals surface area contributed by atoms with Gasteiger partial charge < -0.3 is 29.6 Å². The molecule has 4 atom stereocenters. The zero-order valence-electron chi connectivity index (χ0n) is 23.8. The summed E-state index contributed by atoms with van der Waals surface area (Å²) in [4.78, 5) is 51.8. The summed E-state index contributed by atoms with van der Waals surface area (Å²) in [6, 6.07) is 16.3. The van der Waals surface area contributed by atoms with Crippen molar-refractivity contribution in [2.75, 3.05) is 0 Å². The van der Waals surface area contributed by atoms with Gasteiger partial charge in [-0.05, 0) is 65.5 Å². The number of ether oxygens (including phenoxy) is 4. The van der Waals surface area contributed by atoms with Crippen molar-refractivity contribution in [2.24, 2.45) is 0 Å². The molecule has 2 N–H and O–H groups in total. The van der Waals surface area contributed by atoms with Crippen LogP contribution >= 0.6 is 0 Å². The van der Waals surface area contributed by atoms with Crippen molar-refractivity contribution in [3.63, 3.8) is 0 Å². The lowest BCUT2D eigenvalue weighted by Crippen LogP contribution is -2.60. The van der Waals surface area contributed by atoms with Crippen LogP contribution in [0.5, 0.6) is 0 Å². The van der Waals surface area contributed by atoms with Crippen LogP contribution in [0.25, 0.3) is 0 Å². The highest BCUT2D eigenvalue weighted by Crippen LogP contribution is 2.22. The van der Waals surface area contributed by atoms with Crippen LogP contribution < -0.4 is 10.6 Å². The molecule has 0 radical (unpaired) electrons. The van der Waals surface area contributed by atoms with Crippen molar-refractivity contribution in [1.29, 1.82) is 0 Å². The second-order valence-electron chi connectivity index (χ2n) is 11.6. The molecule has 1 aliphatic rings. The van der Waals surface area contributed by atoms with Crippen molar-refractivity contribution in [3.8, 4) is 0 Å². The molecule has 0 bridgehead atoms. The Hall–Kier alpha value is -4.08. The fraction of sp³-hybridized carbons (Fsp3) is 0.467. The number of alkyl carbamates (subject to hydrolysis) is 2. The first-order valence-corrected chi connectivity index (χ1v) is 13.2. The van der Waals surface area contributed by atoms with Crippen LogP contribution in [0.15, 0.2) is 60.7 Å². The molecule has 1 saturated heterocycles. The van der Waals surface area contributed by atoms with E-state index in [1.807, 2.05) is 60.7 Å². The lowest BCUT2D eigenvalue weighted by Gasteiger charge is -2.36. The molecule has 2 aromatic rings. The number of cyclic esters (lactones) is 2. The van der Waals surface area contributed by atoms with E-state index in [0.717, 1.165) is 11.1 Å². The Morgan fingerprint density at radius 3 is 1.30 bits per heavy atom. The Labute approximate surface area is 234 Å². The summed E-state index contributed by atoms with van der Waals surface area (Å²) in [6.45, 7) is 10.3. The van der Waals surface area contributed by atoms with Crippen LogP contribution in [0, 0.1) is 0 Å². The van der Waals surface area contributed by atoms with Gasteiger partial charge in [-0.25, -0.2) is 19.2 Å². The number of amides is 2. The third-order valence-electron chi connectivity index (χ3n) is 5.68. The van der Waals surface area contributed by atoms with Gasteiger partial charge in [0.2, 0.25) is 12.2 Å². The molecule has 1 heterocycles. The van der Waals surface area contributed by atoms with Crippen molar-refractivity contribution in [2.45, 2.75) is 89.9 Å². The highest BCUT2D eigenvalue weighted by molar-refractivity contribution is 5.89. The summed E-state index contributed by atoms with van der Waals surface area (Å²) in [5, 5.41) is 5.31. The van der Waals surface area contributed by atoms with E-state index in [1.54, 1.807) is 41.5 Å². The number of rotatable bonds is 8. The lowest BCUT2D eigenvalue weighted by molar-refractivity contribution is -0.199. The Morgan fingerprint density at radius 1 is 0.675 bits per heavy atom. The SMILES string of the molecule is CC(C)(C)OC(=O)N[C@H](Cc1ccccc1)C1OC(=O)C([C@@H](Cc2ccccc2)NC(=O)OC(C)(C)C)OC1=O. The summed E-state index contributed by atoms with van der Waals surface area (Å²) < 4.78 is 21.9. The molecule has 0 aromatic heterocycles. The fourth-order valence-corrected chi connectivity index (χ4v) is 4.09. The van der Waals surface area contributed by atoms with Gasteiger partial charge in [-0.3, -0.25) is 0 Å². The maximum absolute atomic E-state index is 13.3. The maximum Gasteiger partial charge on any atom is 0.408 e. The first-order chi connectivity index (χ1) is 18.7. The van der Waals surface area contributed by atoms with Crippen molar-refractivity contribution in [1.82, 2.24) is 10.6 Å². The topological polar surface area (TPSA) is 129 Å². The Bertz CT molecular complexity index is 1080. The van der Waals surface area contributed by atoms with E-state index >= 15 is 0 Å². The molecule has 2 unspecified atom stereocenters. The molecule has 2 aromatic carbocycles. The molecule has 40 heavy (non-hydrogen) atoms. The van der Waals surface area contributed by atoms with Crippen LogP contribution in [0.4, 0.5) is 9.59 Å². The molecule has 0 aliphatic carbocycles. The second-order valence-corrected chi connectivity index (χ2v) is 11.6. The third-order valence-corrected chi connectivity index (χ3v) is 5.68. The van der Waals surface area contributed by atoms with Gasteiger partial charge in [0.25, 0.3) is 0 Å². The highest BCUT2D eigenvalue weighted by atomic mass is 16.7. The van der Waals surface area contributed by atoms with Gasteiger partial charge in [0.1, 0.15) is 11.2 Å². The van der Waals surface area contributed by atoms with Crippen molar-refractivity contribution >= 4 is 24.1 Å². The van der Waals surface area contributed by atoms with E-state index in [4.69, 9.17) is 18.9 Å². The predicted molar refractivity (Wildman–Crippen MR) is 146 cm³/mol. The van der Waals surface area contributed by atoms with Gasteiger partial charge in [0.05, 0.1) is 12.1 Å². The van der Waals surface area contributed by atoms with E-state index in [9.17, 15) is 19.2 Å². The number of carbonyl (C=O) groups is 4. The summed E-state index contributed by atoms with van der Waals surface area (Å²) in [5.41, 5.74) is 0.0220. The summed E-state index contributed by atoms with van der Waals surface area (Å²) in [7, 11) is 0. The number of hydrogen-bond acceptors (Lipinski definition) is 8. The van der Waals surface area contributed by atoms with Gasteiger partial charge in [0.15, 0.2) is 0 Å². The van der Waals surface area contributed by atoms with E-state index < -0.39 is 59.6 Å². The molecule has 216 valence electrons. The normalized spacial score (nSPS) is 18.9. The monoisotopic (exact) mass is 554 g/mol. The van der Waals surface area contributed by atoms with E-state index in [1.165, 1.54) is 0 Å². The minimum atomic E-state index is -1.43. The molecule has 1 fully saturated rings. The Balaban J connectivity index is 1.82. The zero-order chi connectivity index (χ0) is 29.5. The smallest absolute Gasteiger partial charge is 0.408 e. The Morgan fingerprint density at radius 2 is 1.00 bits per heavy atom. The van der Waals surface area contributed by atoms with E-state index in [0.29, 0.717) is 0 Å². The maximum atomic E-state index is 13.3. The molecule has 1 aliphatic heterocycles. The number of hydrogen-bond donors (Lipinski definition) is 2. The minimum absolute atomic E-state index is 0.168. The van der Waals surface area contributed by atoms with Gasteiger partial charge >= 0.3 is 24.1 Å². The molecule has 10 heteroatoms. The average molecular weight is 555 g/mol. The Kier molecular flexibility index (Phi) is 9.78. The number of esters is 2. The molecule has 3 rings (SSSR count). The van der Waals surface area contributed by atoms with Crippen LogP contribution in [0.1, 0.15) is 52.7 Å². The first-order valence-electron chi connectivity index (χ1n) is 13.2. The molecule has 10 nitrogen and oxygen atoms in total. The molecule has 2 amide bonds. The van der Waals surface area contributed by atoms with Gasteiger partial charge in [-0.2, -0.15) is 0 Å². The average Bonchev–Trinajstić information content (AvgIpc) is 2.83. The van der Waals surface area contributed by atoms with Gasteiger partial charge in [-0.1, -0.05) is 60.7 Å². The first kappa shape index (κ1) is 30.5. The summed E-state index contributed by atoms with van der Waals surface area (Å²) in [5.74, 6) is -1.71. The summed E-state index contributed by atoms with van der Waals surface area (Å²) in [6.07, 6.45) is -4.07. The molecule has 0 spiro atoms. The third kappa shape index (κ3) is 9.59. The zero-order valence-corrected chi connectivity index (χ0v) is 23.8. The minimum Gasteiger partial charge on any atom is -0.445 e. The van der Waals surface area contributed by atoms with Crippen LogP contribution in [-0.4, -0.2) is 59.6 Å². The molecular formula is C30H38N2O8. The standard InChI is InChI=1S/C30H38N2O8/c1-29(2,3)39-27(35)31-21(17-19-13-9-7-10-14-19)23-25(33)38-24(26(34)37-23)22(18-20-15-11-8-12-16-20)32-28(36)40-30(4,5)6/h7-16,21-24H,17-18H2,1-6H3,(H,31,35)(H,32,36)/t21-,22-,23?,24?/m1/s1. The number of benzene rings is 2. The second kappa shape index (κ2) is 12.8. The van der Waals surface area contributed by atoms with Crippen LogP contribution in [0.2, 0.25) is 0 Å². The predicted octanol–water partition coefficient (Wildman–Crippen LogP) is 4.10. The largest absolute Gasteiger partial charge is 0.445 e. The molecular weight excluding hydrogens is 516 g/mol. The van der Waals surface area contributed by atoms with E-state index in [-0.39, 0.29) is 12.8 Å². The molecule has 0 saturated carbocycles. The number of carbonyl (C=O) groups excluding carboxylic acids is 4.